The smallest absolute Gasteiger partial charge is 0.258 e. The van der Waals surface area contributed by atoms with Gasteiger partial charge in [0.25, 0.3) is 5.91 Å². The molecule has 3 saturated carbocycles. The standard InChI is InChI=1S/C24H34ClFN4O4/c1-4-5-15(2)8-16(3)28-20(10-27-33)22(32)30-24-12-23(13-24,14-24)29-21(31)11-34-17-6-7-18(25)19(26)9-17/h6-7,9,15-16,20,28H,4-5,8,10-14H2,1-3H3,(H,29,31)(H,30,32). The molecule has 3 fully saturated rings. The number of nitroso groups, excluding NO2 is 1. The van der Waals surface area contributed by atoms with Gasteiger partial charge in [0.1, 0.15) is 24.2 Å². The SMILES string of the molecule is CCCC(C)CC(C)NC(CN=O)C(=O)NC12CC(NC(=O)COc3ccc(Cl)c(F)c3)(C1)C2. The largest absolute Gasteiger partial charge is 0.484 e. The van der Waals surface area contributed by atoms with Crippen LogP contribution in [0.4, 0.5) is 4.39 Å². The van der Waals surface area contributed by atoms with Gasteiger partial charge in [0.05, 0.1) is 5.02 Å². The molecule has 8 nitrogen and oxygen atoms in total. The van der Waals surface area contributed by atoms with Gasteiger partial charge in [0.2, 0.25) is 5.91 Å². The molecule has 3 aliphatic carbocycles. The lowest BCUT2D eigenvalue weighted by molar-refractivity contribution is -0.151. The first-order valence-corrected chi connectivity index (χ1v) is 12.2. The summed E-state index contributed by atoms with van der Waals surface area (Å²) in [5.74, 6) is -0.403. The second-order valence-electron chi connectivity index (χ2n) is 10.1. The van der Waals surface area contributed by atoms with Gasteiger partial charge in [0, 0.05) is 23.2 Å². The fourth-order valence-electron chi connectivity index (χ4n) is 5.36. The zero-order chi connectivity index (χ0) is 24.9. The average Bonchev–Trinajstić information content (AvgIpc) is 2.71. The third kappa shape index (κ3) is 6.44. The molecule has 1 aromatic carbocycles. The highest BCUT2D eigenvalue weighted by molar-refractivity contribution is 6.30. The molecule has 0 aromatic heterocycles. The van der Waals surface area contributed by atoms with Crippen LogP contribution in [0.1, 0.15) is 59.3 Å². The Morgan fingerprint density at radius 3 is 2.50 bits per heavy atom. The first-order valence-electron chi connectivity index (χ1n) is 11.9. The summed E-state index contributed by atoms with van der Waals surface area (Å²) in [5, 5.41) is 12.2. The molecule has 34 heavy (non-hydrogen) atoms. The van der Waals surface area contributed by atoms with E-state index in [1.165, 1.54) is 12.1 Å². The van der Waals surface area contributed by atoms with E-state index in [-0.39, 0.29) is 52.9 Å². The summed E-state index contributed by atoms with van der Waals surface area (Å²) in [4.78, 5) is 36.0. The van der Waals surface area contributed by atoms with E-state index in [1.54, 1.807) is 0 Å². The summed E-state index contributed by atoms with van der Waals surface area (Å²) in [7, 11) is 0. The Labute approximate surface area is 204 Å². The van der Waals surface area contributed by atoms with Gasteiger partial charge in [-0.25, -0.2) is 4.39 Å². The van der Waals surface area contributed by atoms with Gasteiger partial charge in [-0.15, -0.1) is 0 Å². The molecule has 3 atom stereocenters. The molecule has 0 saturated heterocycles. The second kappa shape index (κ2) is 11.0. The molecule has 0 aliphatic heterocycles. The molecule has 1 aromatic rings. The molecule has 0 heterocycles. The molecule has 3 N–H and O–H groups in total. The highest BCUT2D eigenvalue weighted by Crippen LogP contribution is 2.60. The van der Waals surface area contributed by atoms with Crippen molar-refractivity contribution in [2.24, 2.45) is 11.1 Å². The summed E-state index contributed by atoms with van der Waals surface area (Å²) in [6.07, 6.45) is 5.02. The summed E-state index contributed by atoms with van der Waals surface area (Å²) >= 11 is 5.64. The Balaban J connectivity index is 1.42. The number of nitrogens with one attached hydrogen (secondary N) is 3. The van der Waals surface area contributed by atoms with Crippen molar-refractivity contribution in [1.29, 1.82) is 0 Å². The van der Waals surface area contributed by atoms with Crippen molar-refractivity contribution in [2.45, 2.75) is 82.5 Å². The van der Waals surface area contributed by atoms with Crippen LogP contribution in [-0.4, -0.2) is 48.1 Å². The summed E-state index contributed by atoms with van der Waals surface area (Å²) in [6.45, 7) is 5.98. The van der Waals surface area contributed by atoms with E-state index >= 15 is 0 Å². The first kappa shape index (κ1) is 26.3. The van der Waals surface area contributed by atoms with Crippen LogP contribution >= 0.6 is 11.6 Å². The van der Waals surface area contributed by atoms with Crippen molar-refractivity contribution in [3.63, 3.8) is 0 Å². The average molecular weight is 497 g/mol. The van der Waals surface area contributed by atoms with Crippen molar-refractivity contribution in [3.05, 3.63) is 33.9 Å². The van der Waals surface area contributed by atoms with Crippen molar-refractivity contribution < 1.29 is 18.7 Å². The summed E-state index contributed by atoms with van der Waals surface area (Å²) < 4.78 is 18.8. The zero-order valence-corrected chi connectivity index (χ0v) is 20.7. The lowest BCUT2D eigenvalue weighted by atomic mass is 9.44. The van der Waals surface area contributed by atoms with Gasteiger partial charge >= 0.3 is 0 Å². The van der Waals surface area contributed by atoms with Crippen molar-refractivity contribution >= 4 is 23.4 Å². The van der Waals surface area contributed by atoms with Crippen LogP contribution in [0.3, 0.4) is 0 Å². The molecule has 0 spiro atoms. The number of rotatable bonds is 14. The number of hydrogen-bond acceptors (Lipinski definition) is 6. The van der Waals surface area contributed by atoms with Crippen LogP contribution in [0.15, 0.2) is 23.4 Å². The van der Waals surface area contributed by atoms with E-state index in [2.05, 4.69) is 35.0 Å². The Bertz CT molecular complexity index is 895. The molecule has 3 aliphatic rings. The highest BCUT2D eigenvalue weighted by Gasteiger charge is 2.69. The topological polar surface area (TPSA) is 109 Å². The molecule has 10 heteroatoms. The first-order chi connectivity index (χ1) is 16.1. The molecule has 2 bridgehead atoms. The number of halogens is 2. The van der Waals surface area contributed by atoms with Crippen molar-refractivity contribution in [3.8, 4) is 5.75 Å². The number of benzene rings is 1. The Morgan fingerprint density at radius 2 is 1.88 bits per heavy atom. The monoisotopic (exact) mass is 496 g/mol. The highest BCUT2D eigenvalue weighted by atomic mass is 35.5. The number of carbonyl (C=O) groups is 2. The number of ether oxygens (including phenoxy) is 1. The predicted octanol–water partition coefficient (Wildman–Crippen LogP) is 3.70. The molecule has 188 valence electrons. The van der Waals surface area contributed by atoms with Gasteiger partial charge in [-0.3, -0.25) is 9.59 Å². The summed E-state index contributed by atoms with van der Waals surface area (Å²) in [6, 6.07) is 3.41. The van der Waals surface area contributed by atoms with Gasteiger partial charge in [-0.05, 0) is 50.7 Å². The van der Waals surface area contributed by atoms with Gasteiger partial charge in [-0.1, -0.05) is 43.5 Å². The van der Waals surface area contributed by atoms with E-state index in [0.717, 1.165) is 25.3 Å². The number of hydrogen-bond donors (Lipinski definition) is 3. The van der Waals surface area contributed by atoms with Crippen molar-refractivity contribution in [1.82, 2.24) is 16.0 Å². The van der Waals surface area contributed by atoms with E-state index in [9.17, 15) is 18.9 Å². The van der Waals surface area contributed by atoms with Gasteiger partial charge < -0.3 is 20.7 Å². The lowest BCUT2D eigenvalue weighted by Gasteiger charge is -2.70. The molecular weight excluding hydrogens is 463 g/mol. The third-order valence-corrected chi connectivity index (χ3v) is 6.99. The second-order valence-corrected chi connectivity index (χ2v) is 10.5. The molecule has 0 radical (unpaired) electrons. The fourth-order valence-corrected chi connectivity index (χ4v) is 5.48. The number of carbonyl (C=O) groups excluding carboxylic acids is 2. The van der Waals surface area contributed by atoms with Crippen LogP contribution in [0.5, 0.6) is 5.75 Å². The Kier molecular flexibility index (Phi) is 8.52. The quantitative estimate of drug-likeness (QED) is 0.340. The Morgan fingerprint density at radius 1 is 1.21 bits per heavy atom. The molecule has 2 amide bonds. The maximum Gasteiger partial charge on any atom is 0.258 e. The molecule has 4 rings (SSSR count). The number of nitrogens with zero attached hydrogens (tertiary/aromatic N) is 1. The van der Waals surface area contributed by atoms with Gasteiger partial charge in [0.15, 0.2) is 6.61 Å². The van der Waals surface area contributed by atoms with Crippen LogP contribution in [0.25, 0.3) is 0 Å². The van der Waals surface area contributed by atoms with E-state index < -0.39 is 11.9 Å². The lowest BCUT2D eigenvalue weighted by Crippen LogP contribution is -2.84. The minimum absolute atomic E-state index is 0.0140. The molecular formula is C24H34ClFN4O4. The normalized spacial score (nSPS) is 25.2. The van der Waals surface area contributed by atoms with E-state index in [4.69, 9.17) is 16.3 Å². The maximum atomic E-state index is 13.5. The van der Waals surface area contributed by atoms with Crippen LogP contribution in [0.2, 0.25) is 5.02 Å². The minimum Gasteiger partial charge on any atom is -0.484 e. The van der Waals surface area contributed by atoms with E-state index in [0.29, 0.717) is 25.2 Å². The number of amides is 2. The van der Waals surface area contributed by atoms with Crippen LogP contribution in [-0.2, 0) is 9.59 Å². The minimum atomic E-state index is -0.672. The predicted molar refractivity (Wildman–Crippen MR) is 128 cm³/mol. The fraction of sp³-hybridized carbons (Fsp3) is 0.667. The summed E-state index contributed by atoms with van der Waals surface area (Å²) in [5.41, 5.74) is -0.709. The van der Waals surface area contributed by atoms with E-state index in [1.807, 2.05) is 6.92 Å². The Hall–Kier alpha value is -2.26. The van der Waals surface area contributed by atoms with Crippen LogP contribution < -0.4 is 20.7 Å². The van der Waals surface area contributed by atoms with Crippen molar-refractivity contribution in [2.75, 3.05) is 13.2 Å². The van der Waals surface area contributed by atoms with Crippen LogP contribution in [0, 0.1) is 16.6 Å². The zero-order valence-electron chi connectivity index (χ0n) is 20.0. The molecule has 3 unspecified atom stereocenters. The third-order valence-electron chi connectivity index (χ3n) is 6.68. The maximum absolute atomic E-state index is 13.5. The van der Waals surface area contributed by atoms with Gasteiger partial charge in [-0.2, -0.15) is 4.91 Å².